The van der Waals surface area contributed by atoms with Crippen molar-refractivity contribution < 1.29 is 9.53 Å². The number of benzene rings is 2. The minimum Gasteiger partial charge on any atom is -0.487 e. The highest BCUT2D eigenvalue weighted by atomic mass is 16.5. The average molecular weight is 323 g/mol. The molecule has 126 valence electrons. The minimum atomic E-state index is -0.285. The summed E-state index contributed by atoms with van der Waals surface area (Å²) in [6, 6.07) is 14.1. The predicted molar refractivity (Wildman–Crippen MR) is 96.3 cm³/mol. The fraction of sp³-hybridized carbons (Fsp3) is 0.381. The molecule has 2 aromatic rings. The highest BCUT2D eigenvalue weighted by molar-refractivity contribution is 5.79. The van der Waals surface area contributed by atoms with Gasteiger partial charge in [-0.05, 0) is 50.5 Å². The second kappa shape index (κ2) is 6.31. The van der Waals surface area contributed by atoms with Gasteiger partial charge in [0.1, 0.15) is 11.4 Å². The van der Waals surface area contributed by atoms with Gasteiger partial charge < -0.3 is 10.1 Å². The summed E-state index contributed by atoms with van der Waals surface area (Å²) >= 11 is 0. The third kappa shape index (κ3) is 3.61. The molecule has 1 atom stereocenters. The first-order chi connectivity index (χ1) is 11.3. The van der Waals surface area contributed by atoms with Gasteiger partial charge in [0.15, 0.2) is 0 Å². The predicted octanol–water partition coefficient (Wildman–Crippen LogP) is 4.26. The molecule has 1 N–H and O–H groups in total. The van der Waals surface area contributed by atoms with E-state index >= 15 is 0 Å². The van der Waals surface area contributed by atoms with Crippen molar-refractivity contribution in [2.75, 3.05) is 0 Å². The fourth-order valence-corrected chi connectivity index (χ4v) is 3.28. The van der Waals surface area contributed by atoms with E-state index in [1.165, 1.54) is 11.1 Å². The van der Waals surface area contributed by atoms with Crippen molar-refractivity contribution >= 4 is 5.91 Å². The van der Waals surface area contributed by atoms with Crippen molar-refractivity contribution in [2.45, 2.75) is 52.2 Å². The topological polar surface area (TPSA) is 38.3 Å². The Morgan fingerprint density at radius 2 is 1.92 bits per heavy atom. The Morgan fingerprint density at radius 3 is 2.67 bits per heavy atom. The number of hydrogen-bond acceptors (Lipinski definition) is 2. The summed E-state index contributed by atoms with van der Waals surface area (Å²) in [6.07, 6.45) is 1.17. The summed E-state index contributed by atoms with van der Waals surface area (Å²) in [5.41, 5.74) is 4.30. The normalized spacial score (nSPS) is 18.4. The van der Waals surface area contributed by atoms with Crippen LogP contribution in [0.5, 0.6) is 5.75 Å². The lowest BCUT2D eigenvalue weighted by molar-refractivity contribution is -0.121. The maximum Gasteiger partial charge on any atom is 0.224 e. The second-order valence-corrected chi connectivity index (χ2v) is 7.32. The zero-order chi connectivity index (χ0) is 17.3. The Balaban J connectivity index is 1.75. The Morgan fingerprint density at radius 1 is 1.17 bits per heavy atom. The number of nitrogens with one attached hydrogen (secondary N) is 1. The molecule has 3 rings (SSSR count). The molecule has 2 aromatic carbocycles. The van der Waals surface area contributed by atoms with Crippen LogP contribution >= 0.6 is 0 Å². The summed E-state index contributed by atoms with van der Waals surface area (Å²) in [7, 11) is 0. The number of ether oxygens (including phenoxy) is 1. The molecular weight excluding hydrogens is 298 g/mol. The molecule has 0 fully saturated rings. The Bertz CT molecular complexity index is 764. The zero-order valence-electron chi connectivity index (χ0n) is 14.8. The molecule has 1 aliphatic rings. The van der Waals surface area contributed by atoms with Gasteiger partial charge in [0.25, 0.3) is 0 Å². The lowest BCUT2D eigenvalue weighted by Crippen LogP contribution is -2.41. The van der Waals surface area contributed by atoms with Gasteiger partial charge in [-0.25, -0.2) is 0 Å². The number of carbonyl (C=O) groups excluding carboxylic acids is 1. The monoisotopic (exact) mass is 323 g/mol. The lowest BCUT2D eigenvalue weighted by atomic mass is 9.89. The van der Waals surface area contributed by atoms with Gasteiger partial charge in [-0.1, -0.05) is 36.4 Å². The molecule has 1 aliphatic heterocycles. The van der Waals surface area contributed by atoms with E-state index in [-0.39, 0.29) is 17.6 Å². The SMILES string of the molecule is Cc1ccc(CC(=O)N[C@H]2CC(C)(C)Oc3ccccc32)cc1C. The maximum atomic E-state index is 12.5. The first kappa shape index (κ1) is 16.6. The van der Waals surface area contributed by atoms with Gasteiger partial charge in [0.05, 0.1) is 12.5 Å². The van der Waals surface area contributed by atoms with E-state index in [1.807, 2.05) is 30.3 Å². The van der Waals surface area contributed by atoms with Crippen LogP contribution in [0.4, 0.5) is 0 Å². The van der Waals surface area contributed by atoms with Gasteiger partial charge >= 0.3 is 0 Å². The van der Waals surface area contributed by atoms with Gasteiger partial charge in [-0.15, -0.1) is 0 Å². The molecular formula is C21H25NO2. The third-order valence-corrected chi connectivity index (χ3v) is 4.65. The summed E-state index contributed by atoms with van der Waals surface area (Å²) in [5, 5.41) is 3.19. The highest BCUT2D eigenvalue weighted by Crippen LogP contribution is 2.39. The Hall–Kier alpha value is -2.29. The van der Waals surface area contributed by atoms with Crippen LogP contribution in [-0.4, -0.2) is 11.5 Å². The number of amides is 1. The van der Waals surface area contributed by atoms with E-state index in [1.54, 1.807) is 0 Å². The number of rotatable bonds is 3. The smallest absolute Gasteiger partial charge is 0.224 e. The molecule has 0 saturated heterocycles. The quantitative estimate of drug-likeness (QED) is 0.916. The van der Waals surface area contributed by atoms with Gasteiger partial charge in [0, 0.05) is 12.0 Å². The van der Waals surface area contributed by atoms with Crippen molar-refractivity contribution in [2.24, 2.45) is 0 Å². The fourth-order valence-electron chi connectivity index (χ4n) is 3.28. The van der Waals surface area contributed by atoms with Crippen LogP contribution in [0.2, 0.25) is 0 Å². The molecule has 0 aromatic heterocycles. The first-order valence-corrected chi connectivity index (χ1v) is 8.47. The molecule has 0 saturated carbocycles. The van der Waals surface area contributed by atoms with Crippen LogP contribution in [0.1, 0.15) is 48.6 Å². The van der Waals surface area contributed by atoms with E-state index in [2.05, 4.69) is 45.1 Å². The summed E-state index contributed by atoms with van der Waals surface area (Å²) < 4.78 is 6.03. The van der Waals surface area contributed by atoms with Gasteiger partial charge in [-0.2, -0.15) is 0 Å². The van der Waals surface area contributed by atoms with E-state index in [9.17, 15) is 4.79 Å². The van der Waals surface area contributed by atoms with Crippen LogP contribution in [0.3, 0.4) is 0 Å². The summed E-state index contributed by atoms with van der Waals surface area (Å²) in [4.78, 5) is 12.5. The van der Waals surface area contributed by atoms with Gasteiger partial charge in [0.2, 0.25) is 5.91 Å². The van der Waals surface area contributed by atoms with Crippen LogP contribution in [0.15, 0.2) is 42.5 Å². The molecule has 0 radical (unpaired) electrons. The molecule has 1 heterocycles. The number of aryl methyl sites for hydroxylation is 2. The lowest BCUT2D eigenvalue weighted by Gasteiger charge is -2.37. The van der Waals surface area contributed by atoms with Crippen molar-refractivity contribution in [3.63, 3.8) is 0 Å². The Kier molecular flexibility index (Phi) is 4.35. The van der Waals surface area contributed by atoms with E-state index in [4.69, 9.17) is 4.74 Å². The number of hydrogen-bond donors (Lipinski definition) is 1. The standard InChI is InChI=1S/C21H25NO2/c1-14-9-10-16(11-15(14)2)12-20(23)22-18-13-21(3,4)24-19-8-6-5-7-17(18)19/h5-11,18H,12-13H2,1-4H3,(H,22,23)/t18-/m0/s1. The molecule has 0 aliphatic carbocycles. The van der Waals surface area contributed by atoms with Crippen molar-refractivity contribution in [1.29, 1.82) is 0 Å². The number of carbonyl (C=O) groups is 1. The van der Waals surface area contributed by atoms with Crippen molar-refractivity contribution in [3.8, 4) is 5.75 Å². The average Bonchev–Trinajstić information content (AvgIpc) is 2.50. The number of para-hydroxylation sites is 1. The number of fused-ring (bicyclic) bond motifs is 1. The van der Waals surface area contributed by atoms with Gasteiger partial charge in [-0.3, -0.25) is 4.79 Å². The molecule has 0 spiro atoms. The van der Waals surface area contributed by atoms with Crippen LogP contribution in [-0.2, 0) is 11.2 Å². The van der Waals surface area contributed by atoms with E-state index in [0.717, 1.165) is 23.3 Å². The minimum absolute atomic E-state index is 0.0102. The highest BCUT2D eigenvalue weighted by Gasteiger charge is 2.34. The molecule has 0 unspecified atom stereocenters. The second-order valence-electron chi connectivity index (χ2n) is 7.32. The summed E-state index contributed by atoms with van der Waals surface area (Å²) in [5.74, 6) is 0.918. The Labute approximate surface area is 144 Å². The molecule has 3 nitrogen and oxygen atoms in total. The molecule has 1 amide bonds. The van der Waals surface area contributed by atoms with Crippen LogP contribution in [0.25, 0.3) is 0 Å². The van der Waals surface area contributed by atoms with Crippen molar-refractivity contribution in [1.82, 2.24) is 5.32 Å². The van der Waals surface area contributed by atoms with Crippen molar-refractivity contribution in [3.05, 3.63) is 64.7 Å². The molecule has 3 heteroatoms. The van der Waals surface area contributed by atoms with E-state index in [0.29, 0.717) is 6.42 Å². The third-order valence-electron chi connectivity index (χ3n) is 4.65. The molecule has 24 heavy (non-hydrogen) atoms. The van der Waals surface area contributed by atoms with Crippen LogP contribution < -0.4 is 10.1 Å². The maximum absolute atomic E-state index is 12.5. The summed E-state index contributed by atoms with van der Waals surface area (Å²) in [6.45, 7) is 8.28. The largest absolute Gasteiger partial charge is 0.487 e. The zero-order valence-corrected chi connectivity index (χ0v) is 14.8. The van der Waals surface area contributed by atoms with Crippen LogP contribution in [0, 0.1) is 13.8 Å². The first-order valence-electron chi connectivity index (χ1n) is 8.47. The molecule has 0 bridgehead atoms. The van der Waals surface area contributed by atoms with E-state index < -0.39 is 0 Å².